The minimum atomic E-state index is 0.00944. The number of nitrogens with zero attached hydrogens (tertiary/aromatic N) is 1. The normalized spacial score (nSPS) is 10.9. The van der Waals surface area contributed by atoms with Gasteiger partial charge in [-0.2, -0.15) is 0 Å². The van der Waals surface area contributed by atoms with Crippen molar-refractivity contribution in [3.8, 4) is 10.6 Å². The lowest BCUT2D eigenvalue weighted by Gasteiger charge is -2.06. The van der Waals surface area contributed by atoms with Gasteiger partial charge in [-0.25, -0.2) is 4.98 Å². The number of halogens is 1. The molecule has 4 rings (SSSR count). The summed E-state index contributed by atoms with van der Waals surface area (Å²) in [6.07, 6.45) is 0. The Balaban J connectivity index is 1.31. The number of rotatable bonds is 6. The van der Waals surface area contributed by atoms with Crippen LogP contribution in [0.3, 0.4) is 0 Å². The van der Waals surface area contributed by atoms with E-state index in [4.69, 9.17) is 11.6 Å². The molecule has 0 radical (unpaired) electrons. The van der Waals surface area contributed by atoms with Crippen LogP contribution in [-0.2, 0) is 11.3 Å². The van der Waals surface area contributed by atoms with Gasteiger partial charge in [0.25, 0.3) is 0 Å². The number of carbonyl (C=O) groups excluding carboxylic acids is 1. The predicted molar refractivity (Wildman–Crippen MR) is 119 cm³/mol. The Hall–Kier alpha value is -2.34. The number of thiazole rings is 1. The van der Waals surface area contributed by atoms with Crippen molar-refractivity contribution in [3.63, 3.8) is 0 Å². The lowest BCUT2D eigenvalue weighted by atomic mass is 10.1. The van der Waals surface area contributed by atoms with Gasteiger partial charge in [0.2, 0.25) is 5.91 Å². The van der Waals surface area contributed by atoms with Gasteiger partial charge in [0.05, 0.1) is 16.0 Å². The van der Waals surface area contributed by atoms with Crippen molar-refractivity contribution < 1.29 is 4.79 Å². The molecule has 0 spiro atoms. The van der Waals surface area contributed by atoms with Gasteiger partial charge in [-0.05, 0) is 42.0 Å². The Bertz CT molecular complexity index is 1060. The minimum absolute atomic E-state index is 0.00944. The van der Waals surface area contributed by atoms with E-state index in [0.29, 0.717) is 17.3 Å². The Morgan fingerprint density at radius 1 is 1.00 bits per heavy atom. The molecular weight excluding hydrogens is 408 g/mol. The van der Waals surface area contributed by atoms with E-state index in [-0.39, 0.29) is 5.91 Å². The van der Waals surface area contributed by atoms with E-state index < -0.39 is 0 Å². The van der Waals surface area contributed by atoms with Crippen molar-refractivity contribution in [3.05, 3.63) is 83.4 Å². The number of hydrogen-bond donors (Lipinski definition) is 1. The van der Waals surface area contributed by atoms with E-state index in [1.54, 1.807) is 11.3 Å². The fourth-order valence-corrected chi connectivity index (χ4v) is 4.52. The third kappa shape index (κ3) is 4.73. The molecular formula is C22H17ClN2OS2. The van der Waals surface area contributed by atoms with Crippen LogP contribution in [0.25, 0.3) is 20.8 Å². The number of nitrogens with one attached hydrogen (secondary N) is 1. The number of benzene rings is 3. The first kappa shape index (κ1) is 19.0. The predicted octanol–water partition coefficient (Wildman–Crippen LogP) is 6.03. The summed E-state index contributed by atoms with van der Waals surface area (Å²) in [6.45, 7) is 0.514. The van der Waals surface area contributed by atoms with Gasteiger partial charge in [0.1, 0.15) is 5.01 Å². The number of para-hydroxylation sites is 1. The second-order valence-corrected chi connectivity index (χ2v) is 8.72. The first-order chi connectivity index (χ1) is 13.7. The van der Waals surface area contributed by atoms with Crippen LogP contribution in [0.4, 0.5) is 0 Å². The van der Waals surface area contributed by atoms with Crippen molar-refractivity contribution >= 4 is 50.8 Å². The summed E-state index contributed by atoms with van der Waals surface area (Å²) in [5.74, 6) is 0.390. The first-order valence-corrected chi connectivity index (χ1v) is 11.0. The van der Waals surface area contributed by atoms with Crippen molar-refractivity contribution in [2.24, 2.45) is 0 Å². The molecule has 1 amide bonds. The van der Waals surface area contributed by atoms with E-state index in [0.717, 1.165) is 26.5 Å². The molecule has 0 aliphatic carbocycles. The van der Waals surface area contributed by atoms with Gasteiger partial charge in [0.15, 0.2) is 0 Å². The van der Waals surface area contributed by atoms with Crippen LogP contribution in [0.15, 0.2) is 77.7 Å². The number of thioether (sulfide) groups is 1. The van der Waals surface area contributed by atoms with E-state index in [1.165, 1.54) is 16.5 Å². The number of aromatic nitrogens is 1. The zero-order valence-corrected chi connectivity index (χ0v) is 17.3. The molecule has 28 heavy (non-hydrogen) atoms. The van der Waals surface area contributed by atoms with Crippen LogP contribution < -0.4 is 5.32 Å². The summed E-state index contributed by atoms with van der Waals surface area (Å²) in [5.41, 5.74) is 3.18. The van der Waals surface area contributed by atoms with Crippen LogP contribution in [0.1, 0.15) is 5.56 Å². The van der Waals surface area contributed by atoms with Gasteiger partial charge in [-0.3, -0.25) is 4.79 Å². The van der Waals surface area contributed by atoms with Crippen LogP contribution >= 0.6 is 34.7 Å². The quantitative estimate of drug-likeness (QED) is 0.384. The summed E-state index contributed by atoms with van der Waals surface area (Å²) in [4.78, 5) is 17.8. The summed E-state index contributed by atoms with van der Waals surface area (Å²) in [7, 11) is 0. The Labute approximate surface area is 176 Å². The van der Waals surface area contributed by atoms with Gasteiger partial charge < -0.3 is 5.32 Å². The molecule has 0 unspecified atom stereocenters. The number of amides is 1. The van der Waals surface area contributed by atoms with Crippen molar-refractivity contribution in [1.82, 2.24) is 10.3 Å². The highest BCUT2D eigenvalue weighted by Crippen LogP contribution is 2.30. The maximum absolute atomic E-state index is 12.1. The molecule has 0 bridgehead atoms. The van der Waals surface area contributed by atoms with Crippen molar-refractivity contribution in [2.45, 2.75) is 11.4 Å². The van der Waals surface area contributed by atoms with Crippen molar-refractivity contribution in [1.29, 1.82) is 0 Å². The highest BCUT2D eigenvalue weighted by atomic mass is 35.5. The topological polar surface area (TPSA) is 42.0 Å². The fraction of sp³-hybridized carbons (Fsp3) is 0.0909. The molecule has 1 heterocycles. The molecule has 4 aromatic rings. The standard InChI is InChI=1S/C22H17ClN2OS2/c23-17-9-11-18(12-10-17)27-14-21(26)24-13-15-5-7-16(8-6-15)22-25-19-3-1-2-4-20(19)28-22/h1-12H,13-14H2,(H,24,26). The largest absolute Gasteiger partial charge is 0.351 e. The molecule has 3 nitrogen and oxygen atoms in total. The van der Waals surface area contributed by atoms with Crippen LogP contribution in [0.2, 0.25) is 5.02 Å². The van der Waals surface area contributed by atoms with Crippen LogP contribution in [0, 0.1) is 0 Å². The van der Waals surface area contributed by atoms with E-state index in [2.05, 4.69) is 28.5 Å². The van der Waals surface area contributed by atoms with Crippen LogP contribution in [0.5, 0.6) is 0 Å². The number of fused-ring (bicyclic) bond motifs is 1. The summed E-state index contributed by atoms with van der Waals surface area (Å²) in [5, 5.41) is 4.67. The third-order valence-corrected chi connectivity index (χ3v) is 6.52. The van der Waals surface area contributed by atoms with Gasteiger partial charge in [-0.15, -0.1) is 23.1 Å². The molecule has 6 heteroatoms. The van der Waals surface area contributed by atoms with E-state index in [9.17, 15) is 4.79 Å². The zero-order chi connectivity index (χ0) is 19.3. The first-order valence-electron chi connectivity index (χ1n) is 8.77. The maximum atomic E-state index is 12.1. The molecule has 3 aromatic carbocycles. The molecule has 0 fully saturated rings. The molecule has 0 atom stereocenters. The SMILES string of the molecule is O=C(CSc1ccc(Cl)cc1)NCc1ccc(-c2nc3ccccc3s2)cc1. The highest BCUT2D eigenvalue weighted by molar-refractivity contribution is 8.00. The molecule has 0 saturated heterocycles. The number of carbonyl (C=O) groups is 1. The molecule has 140 valence electrons. The monoisotopic (exact) mass is 424 g/mol. The summed E-state index contributed by atoms with van der Waals surface area (Å²) >= 11 is 9.06. The van der Waals surface area contributed by atoms with Gasteiger partial charge >= 0.3 is 0 Å². The van der Waals surface area contributed by atoms with Crippen LogP contribution in [-0.4, -0.2) is 16.6 Å². The second kappa shape index (κ2) is 8.78. The Morgan fingerprint density at radius 2 is 1.75 bits per heavy atom. The average molecular weight is 425 g/mol. The minimum Gasteiger partial charge on any atom is -0.351 e. The smallest absolute Gasteiger partial charge is 0.230 e. The Morgan fingerprint density at radius 3 is 2.50 bits per heavy atom. The molecule has 0 aliphatic heterocycles. The van der Waals surface area contributed by atoms with Gasteiger partial charge in [-0.1, -0.05) is 48.0 Å². The molecule has 1 aromatic heterocycles. The molecule has 0 saturated carbocycles. The fourth-order valence-electron chi connectivity index (χ4n) is 2.69. The summed E-state index contributed by atoms with van der Waals surface area (Å²) < 4.78 is 1.19. The van der Waals surface area contributed by atoms with E-state index in [1.807, 2.05) is 54.6 Å². The molecule has 1 N–H and O–H groups in total. The lowest BCUT2D eigenvalue weighted by Crippen LogP contribution is -2.24. The van der Waals surface area contributed by atoms with Gasteiger partial charge in [0, 0.05) is 22.0 Å². The summed E-state index contributed by atoms with van der Waals surface area (Å²) in [6, 6.07) is 23.8. The second-order valence-electron chi connectivity index (χ2n) is 6.20. The average Bonchev–Trinajstić information content (AvgIpc) is 3.16. The highest BCUT2D eigenvalue weighted by Gasteiger charge is 2.07. The van der Waals surface area contributed by atoms with E-state index >= 15 is 0 Å². The zero-order valence-electron chi connectivity index (χ0n) is 14.9. The number of hydrogen-bond acceptors (Lipinski definition) is 4. The maximum Gasteiger partial charge on any atom is 0.230 e. The lowest BCUT2D eigenvalue weighted by molar-refractivity contribution is -0.118. The van der Waals surface area contributed by atoms with Crippen molar-refractivity contribution in [2.75, 3.05) is 5.75 Å². The Kier molecular flexibility index (Phi) is 5.95. The third-order valence-electron chi connectivity index (χ3n) is 4.17. The molecule has 0 aliphatic rings.